The van der Waals surface area contributed by atoms with E-state index in [-0.39, 0.29) is 0 Å². The van der Waals surface area contributed by atoms with E-state index in [2.05, 4.69) is 27.5 Å². The van der Waals surface area contributed by atoms with Crippen LogP contribution in [-0.4, -0.2) is 41.3 Å². The second-order valence-electron chi connectivity index (χ2n) is 5.07. The first-order valence-corrected chi connectivity index (χ1v) is 7.09. The Morgan fingerprint density at radius 3 is 2.85 bits per heavy atom. The van der Waals surface area contributed by atoms with Gasteiger partial charge >= 0.3 is 0 Å². The lowest BCUT2D eigenvalue weighted by Crippen LogP contribution is -2.32. The Morgan fingerprint density at radius 1 is 1.35 bits per heavy atom. The molecule has 0 bridgehead atoms. The number of likely N-dealkylation sites (N-methyl/N-ethyl adjacent to an activating group) is 1. The Hall–Kier alpha value is -1.43. The van der Waals surface area contributed by atoms with Gasteiger partial charge in [0.1, 0.15) is 0 Å². The van der Waals surface area contributed by atoms with E-state index in [9.17, 15) is 0 Å². The quantitative estimate of drug-likeness (QED) is 0.936. The Morgan fingerprint density at radius 2 is 2.15 bits per heavy atom. The number of hydrogen-bond acceptors (Lipinski definition) is 5. The molecule has 0 aliphatic carbocycles. The summed E-state index contributed by atoms with van der Waals surface area (Å²) in [7, 11) is 2.09. The van der Waals surface area contributed by atoms with Gasteiger partial charge in [0.25, 0.3) is 0 Å². The molecule has 0 amide bonds. The molecule has 1 unspecified atom stereocenters. The van der Waals surface area contributed by atoms with Crippen LogP contribution in [0.15, 0.2) is 28.7 Å². The maximum absolute atomic E-state index is 5.87. The Kier molecular flexibility index (Phi) is 4.00. The fourth-order valence-corrected chi connectivity index (χ4v) is 2.51. The van der Waals surface area contributed by atoms with Crippen molar-refractivity contribution in [3.63, 3.8) is 0 Å². The molecule has 1 aliphatic rings. The molecule has 2 heterocycles. The van der Waals surface area contributed by atoms with Crippen LogP contribution in [-0.2, 0) is 6.54 Å². The van der Waals surface area contributed by atoms with Crippen LogP contribution >= 0.6 is 11.6 Å². The van der Waals surface area contributed by atoms with Crippen molar-refractivity contribution in [3.05, 3.63) is 35.2 Å². The molecule has 1 fully saturated rings. The van der Waals surface area contributed by atoms with Crippen LogP contribution in [0.1, 0.15) is 12.3 Å². The molecular weight excluding hydrogens is 276 g/mol. The molecule has 1 saturated heterocycles. The zero-order valence-corrected chi connectivity index (χ0v) is 12.1. The van der Waals surface area contributed by atoms with Crippen LogP contribution in [0.5, 0.6) is 0 Å². The van der Waals surface area contributed by atoms with Crippen molar-refractivity contribution in [2.45, 2.75) is 19.0 Å². The van der Waals surface area contributed by atoms with Crippen LogP contribution in [0, 0.1) is 0 Å². The summed E-state index contributed by atoms with van der Waals surface area (Å²) in [6, 6.07) is 7.93. The van der Waals surface area contributed by atoms with Crippen molar-refractivity contribution in [2.75, 3.05) is 20.1 Å². The highest BCUT2D eigenvalue weighted by atomic mass is 35.5. The van der Waals surface area contributed by atoms with Crippen LogP contribution in [0.4, 0.5) is 0 Å². The molecule has 5 nitrogen and oxygen atoms in total. The molecule has 1 atom stereocenters. The zero-order valence-electron chi connectivity index (χ0n) is 11.3. The van der Waals surface area contributed by atoms with E-state index in [1.165, 1.54) is 0 Å². The molecule has 0 radical (unpaired) electrons. The fourth-order valence-electron chi connectivity index (χ4n) is 2.38. The molecule has 20 heavy (non-hydrogen) atoms. The molecular formula is C14H17ClN4O. The van der Waals surface area contributed by atoms with Gasteiger partial charge in [-0.15, -0.1) is 10.2 Å². The highest BCUT2D eigenvalue weighted by Gasteiger charge is 2.21. The van der Waals surface area contributed by atoms with Gasteiger partial charge in [-0.05, 0) is 44.3 Å². The van der Waals surface area contributed by atoms with Crippen LogP contribution in [0.25, 0.3) is 11.5 Å². The van der Waals surface area contributed by atoms with Gasteiger partial charge in [-0.25, -0.2) is 0 Å². The van der Waals surface area contributed by atoms with E-state index >= 15 is 0 Å². The van der Waals surface area contributed by atoms with E-state index in [1.807, 2.05) is 24.3 Å². The molecule has 2 aromatic rings. The summed E-state index contributed by atoms with van der Waals surface area (Å²) in [5.41, 5.74) is 0.887. The molecule has 1 aromatic carbocycles. The van der Waals surface area contributed by atoms with Crippen molar-refractivity contribution in [3.8, 4) is 11.5 Å². The van der Waals surface area contributed by atoms with E-state index in [0.717, 1.165) is 25.1 Å². The lowest BCUT2D eigenvalue weighted by molar-refractivity contribution is 0.226. The molecule has 3 rings (SSSR count). The number of benzene rings is 1. The Bertz CT molecular complexity index is 563. The van der Waals surface area contributed by atoms with Gasteiger partial charge in [-0.3, -0.25) is 4.90 Å². The van der Waals surface area contributed by atoms with Gasteiger partial charge in [0.05, 0.1) is 6.54 Å². The van der Waals surface area contributed by atoms with E-state index in [4.69, 9.17) is 16.0 Å². The molecule has 6 heteroatoms. The minimum atomic E-state index is 0.537. The average molecular weight is 293 g/mol. The third-order valence-corrected chi connectivity index (χ3v) is 3.85. The summed E-state index contributed by atoms with van der Waals surface area (Å²) >= 11 is 5.87. The average Bonchev–Trinajstić information content (AvgIpc) is 3.10. The topological polar surface area (TPSA) is 54.2 Å². The lowest BCUT2D eigenvalue weighted by atomic mass is 10.2. The molecule has 0 saturated carbocycles. The first-order valence-electron chi connectivity index (χ1n) is 6.71. The van der Waals surface area contributed by atoms with Gasteiger partial charge in [0.15, 0.2) is 0 Å². The predicted octanol–water partition coefficient (Wildman–Crippen LogP) is 2.18. The van der Waals surface area contributed by atoms with Crippen molar-refractivity contribution >= 4 is 11.6 Å². The summed E-state index contributed by atoms with van der Waals surface area (Å²) < 4.78 is 5.71. The maximum atomic E-state index is 5.87. The van der Waals surface area contributed by atoms with Crippen LogP contribution in [0.3, 0.4) is 0 Å². The molecule has 0 spiro atoms. The van der Waals surface area contributed by atoms with Gasteiger partial charge in [0.2, 0.25) is 11.8 Å². The molecule has 1 aromatic heterocycles. The largest absolute Gasteiger partial charge is 0.419 e. The third kappa shape index (κ3) is 3.00. The van der Waals surface area contributed by atoms with Gasteiger partial charge in [-0.2, -0.15) is 0 Å². The number of nitrogens with zero attached hydrogens (tertiary/aromatic N) is 3. The summed E-state index contributed by atoms with van der Waals surface area (Å²) in [5, 5.41) is 12.3. The SMILES string of the molecule is CN(Cc1nnc(-c2ccc(Cl)cc2)o1)C1CCNC1. The second kappa shape index (κ2) is 5.91. The van der Waals surface area contributed by atoms with Gasteiger partial charge in [-0.1, -0.05) is 11.6 Å². The minimum absolute atomic E-state index is 0.537. The van der Waals surface area contributed by atoms with E-state index in [0.29, 0.717) is 29.4 Å². The number of rotatable bonds is 4. The van der Waals surface area contributed by atoms with Gasteiger partial charge < -0.3 is 9.73 Å². The van der Waals surface area contributed by atoms with Crippen molar-refractivity contribution < 1.29 is 4.42 Å². The second-order valence-corrected chi connectivity index (χ2v) is 5.51. The van der Waals surface area contributed by atoms with Crippen molar-refractivity contribution in [1.82, 2.24) is 20.4 Å². The van der Waals surface area contributed by atoms with Crippen molar-refractivity contribution in [1.29, 1.82) is 0 Å². The molecule has 106 valence electrons. The number of hydrogen-bond donors (Lipinski definition) is 1. The summed E-state index contributed by atoms with van der Waals surface area (Å²) in [5.74, 6) is 1.18. The maximum Gasteiger partial charge on any atom is 0.247 e. The number of aromatic nitrogens is 2. The smallest absolute Gasteiger partial charge is 0.247 e. The summed E-state index contributed by atoms with van der Waals surface area (Å²) in [4.78, 5) is 2.25. The first-order chi connectivity index (χ1) is 9.72. The number of halogens is 1. The molecule has 1 aliphatic heterocycles. The van der Waals surface area contributed by atoms with E-state index in [1.54, 1.807) is 0 Å². The van der Waals surface area contributed by atoms with Crippen LogP contribution in [0.2, 0.25) is 5.02 Å². The number of nitrogens with one attached hydrogen (secondary N) is 1. The van der Waals surface area contributed by atoms with E-state index < -0.39 is 0 Å². The highest BCUT2D eigenvalue weighted by molar-refractivity contribution is 6.30. The van der Waals surface area contributed by atoms with Gasteiger partial charge in [0, 0.05) is 23.2 Å². The standard InChI is InChI=1S/C14H17ClN4O/c1-19(12-6-7-16-8-12)9-13-17-18-14(20-13)10-2-4-11(15)5-3-10/h2-5,12,16H,6-9H2,1H3. The Balaban J connectivity index is 1.68. The highest BCUT2D eigenvalue weighted by Crippen LogP contribution is 2.21. The third-order valence-electron chi connectivity index (χ3n) is 3.60. The Labute approximate surface area is 122 Å². The zero-order chi connectivity index (χ0) is 13.9. The minimum Gasteiger partial charge on any atom is -0.419 e. The monoisotopic (exact) mass is 292 g/mol. The van der Waals surface area contributed by atoms with Crippen LogP contribution < -0.4 is 5.32 Å². The summed E-state index contributed by atoms with van der Waals surface area (Å²) in [6.07, 6.45) is 1.16. The fraction of sp³-hybridized carbons (Fsp3) is 0.429. The normalized spacial score (nSPS) is 18.9. The molecule has 1 N–H and O–H groups in total. The van der Waals surface area contributed by atoms with Crippen molar-refractivity contribution in [2.24, 2.45) is 0 Å². The first kappa shape index (κ1) is 13.5. The predicted molar refractivity (Wildman–Crippen MR) is 77.5 cm³/mol. The lowest BCUT2D eigenvalue weighted by Gasteiger charge is -2.21. The summed E-state index contributed by atoms with van der Waals surface area (Å²) in [6.45, 7) is 2.77.